The van der Waals surface area contributed by atoms with Gasteiger partial charge < -0.3 is 19.9 Å². The van der Waals surface area contributed by atoms with E-state index in [2.05, 4.69) is 26.1 Å². The molecule has 3 atom stereocenters. The minimum atomic E-state index is -0.626. The fourth-order valence-corrected chi connectivity index (χ4v) is 2.20. The molecule has 4 nitrogen and oxygen atoms in total. The van der Waals surface area contributed by atoms with Gasteiger partial charge in [0.1, 0.15) is 11.5 Å². The molecule has 0 aliphatic heterocycles. The number of methoxy groups -OCH3 is 2. The van der Waals surface area contributed by atoms with Gasteiger partial charge in [-0.05, 0) is 38.0 Å². The maximum Gasteiger partial charge on any atom is 0.124 e. The highest BCUT2D eigenvalue weighted by molar-refractivity contribution is 5.42. The first-order valence-corrected chi connectivity index (χ1v) is 7.23. The lowest BCUT2D eigenvalue weighted by Crippen LogP contribution is -2.40. The van der Waals surface area contributed by atoms with E-state index >= 15 is 0 Å². The second kappa shape index (κ2) is 8.12. The van der Waals surface area contributed by atoms with Crippen LogP contribution in [-0.4, -0.2) is 31.4 Å². The zero-order chi connectivity index (χ0) is 15.1. The number of nitrogens with one attached hydrogen (secondary N) is 1. The van der Waals surface area contributed by atoms with Crippen molar-refractivity contribution in [3.63, 3.8) is 0 Å². The van der Waals surface area contributed by atoms with Gasteiger partial charge in [-0.15, -0.1) is 0 Å². The van der Waals surface area contributed by atoms with Gasteiger partial charge in [0.15, 0.2) is 0 Å². The molecule has 0 spiro atoms. The lowest BCUT2D eigenvalue weighted by molar-refractivity contribution is 0.116. The van der Waals surface area contributed by atoms with Crippen LogP contribution in [-0.2, 0) is 0 Å². The molecule has 0 radical (unpaired) electrons. The summed E-state index contributed by atoms with van der Waals surface area (Å²) >= 11 is 0. The molecule has 0 heterocycles. The number of hydrogen-bond donors (Lipinski definition) is 2. The van der Waals surface area contributed by atoms with Gasteiger partial charge in [-0.3, -0.25) is 0 Å². The lowest BCUT2D eigenvalue weighted by Gasteiger charge is -2.27. The summed E-state index contributed by atoms with van der Waals surface area (Å²) in [6, 6.07) is 5.85. The summed E-state index contributed by atoms with van der Waals surface area (Å²) in [5.74, 6) is 1.40. The topological polar surface area (TPSA) is 50.7 Å². The zero-order valence-electron chi connectivity index (χ0n) is 13.1. The Hall–Kier alpha value is -1.26. The van der Waals surface area contributed by atoms with Crippen molar-refractivity contribution in [3.05, 3.63) is 23.8 Å². The molecule has 0 bridgehead atoms. The van der Waals surface area contributed by atoms with Crippen LogP contribution in [0.3, 0.4) is 0 Å². The molecule has 0 saturated carbocycles. The summed E-state index contributed by atoms with van der Waals surface area (Å²) in [7, 11) is 3.23. The maximum atomic E-state index is 10.7. The quantitative estimate of drug-likeness (QED) is 0.769. The van der Waals surface area contributed by atoms with E-state index in [-0.39, 0.29) is 6.04 Å². The SMILES string of the molecule is CCC(C)NC(CC)C(O)c1cc(OC)ccc1OC. The van der Waals surface area contributed by atoms with Gasteiger partial charge in [0.2, 0.25) is 0 Å². The van der Waals surface area contributed by atoms with E-state index in [9.17, 15) is 5.11 Å². The first-order chi connectivity index (χ1) is 9.57. The van der Waals surface area contributed by atoms with Crippen LogP contribution in [0.2, 0.25) is 0 Å². The van der Waals surface area contributed by atoms with Crippen LogP contribution < -0.4 is 14.8 Å². The first-order valence-electron chi connectivity index (χ1n) is 7.23. The number of aliphatic hydroxyl groups excluding tert-OH is 1. The van der Waals surface area contributed by atoms with E-state index in [1.54, 1.807) is 14.2 Å². The van der Waals surface area contributed by atoms with Crippen molar-refractivity contribution in [1.82, 2.24) is 5.32 Å². The summed E-state index contributed by atoms with van der Waals surface area (Å²) in [5.41, 5.74) is 0.759. The average Bonchev–Trinajstić information content (AvgIpc) is 2.50. The summed E-state index contributed by atoms with van der Waals surface area (Å²) in [4.78, 5) is 0. The molecule has 4 heteroatoms. The van der Waals surface area contributed by atoms with Gasteiger partial charge in [-0.1, -0.05) is 13.8 Å². The molecule has 3 unspecified atom stereocenters. The largest absolute Gasteiger partial charge is 0.497 e. The number of rotatable bonds is 8. The molecule has 1 aromatic carbocycles. The third-order valence-corrected chi connectivity index (χ3v) is 3.69. The van der Waals surface area contributed by atoms with Crippen molar-refractivity contribution in [2.45, 2.75) is 51.8 Å². The van der Waals surface area contributed by atoms with Crippen molar-refractivity contribution in [2.24, 2.45) is 0 Å². The molecule has 0 aliphatic carbocycles. The summed E-state index contributed by atoms with van der Waals surface area (Å²) in [5, 5.41) is 14.1. The Morgan fingerprint density at radius 1 is 1.15 bits per heavy atom. The highest BCUT2D eigenvalue weighted by atomic mass is 16.5. The number of aliphatic hydroxyl groups is 1. The highest BCUT2D eigenvalue weighted by Crippen LogP contribution is 2.32. The summed E-state index contributed by atoms with van der Waals surface area (Å²) < 4.78 is 10.6. The lowest BCUT2D eigenvalue weighted by atomic mass is 9.98. The van der Waals surface area contributed by atoms with E-state index in [0.717, 1.165) is 24.2 Å². The molecule has 114 valence electrons. The highest BCUT2D eigenvalue weighted by Gasteiger charge is 2.23. The number of ether oxygens (including phenoxy) is 2. The van der Waals surface area contributed by atoms with E-state index < -0.39 is 6.10 Å². The van der Waals surface area contributed by atoms with Crippen molar-refractivity contribution in [3.8, 4) is 11.5 Å². The maximum absolute atomic E-state index is 10.7. The normalized spacial score (nSPS) is 15.5. The Morgan fingerprint density at radius 2 is 1.85 bits per heavy atom. The molecule has 20 heavy (non-hydrogen) atoms. The predicted molar refractivity (Wildman–Crippen MR) is 81.5 cm³/mol. The van der Waals surface area contributed by atoms with Crippen LogP contribution in [0.15, 0.2) is 18.2 Å². The average molecular weight is 281 g/mol. The molecular formula is C16H27NO3. The minimum absolute atomic E-state index is 0.00837. The van der Waals surface area contributed by atoms with Crippen LogP contribution in [0.25, 0.3) is 0 Å². The molecule has 1 aromatic rings. The van der Waals surface area contributed by atoms with Crippen molar-refractivity contribution in [1.29, 1.82) is 0 Å². The third kappa shape index (κ3) is 4.12. The molecule has 0 amide bonds. The molecule has 2 N–H and O–H groups in total. The predicted octanol–water partition coefficient (Wildman–Crippen LogP) is 2.90. The van der Waals surface area contributed by atoms with Gasteiger partial charge in [0, 0.05) is 17.6 Å². The van der Waals surface area contributed by atoms with E-state index in [0.29, 0.717) is 11.8 Å². The third-order valence-electron chi connectivity index (χ3n) is 3.69. The molecule has 0 aromatic heterocycles. The molecular weight excluding hydrogens is 254 g/mol. The fourth-order valence-electron chi connectivity index (χ4n) is 2.20. The molecule has 1 rings (SSSR count). The Kier molecular flexibility index (Phi) is 6.82. The van der Waals surface area contributed by atoms with E-state index in [1.165, 1.54) is 0 Å². The van der Waals surface area contributed by atoms with Crippen LogP contribution in [0, 0.1) is 0 Å². The minimum Gasteiger partial charge on any atom is -0.497 e. The van der Waals surface area contributed by atoms with Crippen LogP contribution in [0.5, 0.6) is 11.5 Å². The Bertz CT molecular complexity index is 409. The van der Waals surface area contributed by atoms with E-state index in [4.69, 9.17) is 9.47 Å². The fraction of sp³-hybridized carbons (Fsp3) is 0.625. The van der Waals surface area contributed by atoms with Crippen molar-refractivity contribution >= 4 is 0 Å². The van der Waals surface area contributed by atoms with Crippen molar-refractivity contribution < 1.29 is 14.6 Å². The summed E-state index contributed by atoms with van der Waals surface area (Å²) in [6.45, 7) is 6.32. The molecule has 0 saturated heterocycles. The van der Waals surface area contributed by atoms with Gasteiger partial charge in [-0.25, -0.2) is 0 Å². The van der Waals surface area contributed by atoms with Crippen LogP contribution in [0.4, 0.5) is 0 Å². The number of hydrogen-bond acceptors (Lipinski definition) is 4. The van der Waals surface area contributed by atoms with Crippen LogP contribution >= 0.6 is 0 Å². The Morgan fingerprint density at radius 3 is 2.35 bits per heavy atom. The Balaban J connectivity index is 3.00. The second-order valence-electron chi connectivity index (χ2n) is 5.04. The zero-order valence-corrected chi connectivity index (χ0v) is 13.1. The molecule has 0 aliphatic rings. The molecule has 0 fully saturated rings. The van der Waals surface area contributed by atoms with Crippen LogP contribution in [0.1, 0.15) is 45.3 Å². The number of benzene rings is 1. The monoisotopic (exact) mass is 281 g/mol. The first kappa shape index (κ1) is 16.8. The van der Waals surface area contributed by atoms with Crippen molar-refractivity contribution in [2.75, 3.05) is 14.2 Å². The van der Waals surface area contributed by atoms with Gasteiger partial charge in [0.25, 0.3) is 0 Å². The summed E-state index contributed by atoms with van der Waals surface area (Å²) in [6.07, 6.45) is 1.24. The Labute approximate surface area is 122 Å². The van der Waals surface area contributed by atoms with Gasteiger partial charge in [0.05, 0.1) is 20.3 Å². The standard InChI is InChI=1S/C16H27NO3/c1-6-11(3)17-14(7-2)16(18)13-10-12(19-4)8-9-15(13)20-5/h8-11,14,16-18H,6-7H2,1-5H3. The van der Waals surface area contributed by atoms with E-state index in [1.807, 2.05) is 18.2 Å². The second-order valence-corrected chi connectivity index (χ2v) is 5.04. The smallest absolute Gasteiger partial charge is 0.124 e. The van der Waals surface area contributed by atoms with Gasteiger partial charge >= 0.3 is 0 Å². The van der Waals surface area contributed by atoms with Gasteiger partial charge in [-0.2, -0.15) is 0 Å².